The molecular formula is C26H29N5O3. The van der Waals surface area contributed by atoms with Crippen LogP contribution in [0, 0.1) is 0 Å². The highest BCUT2D eigenvalue weighted by molar-refractivity contribution is 5.99. The summed E-state index contributed by atoms with van der Waals surface area (Å²) in [4.78, 5) is 38.7. The van der Waals surface area contributed by atoms with Crippen molar-refractivity contribution < 1.29 is 14.3 Å². The number of pyridine rings is 1. The number of rotatable bonds is 4. The van der Waals surface area contributed by atoms with Crippen LogP contribution in [0.5, 0.6) is 0 Å². The topological polar surface area (TPSA) is 80.6 Å². The number of ether oxygens (including phenoxy) is 1. The van der Waals surface area contributed by atoms with E-state index < -0.39 is 0 Å². The quantitative estimate of drug-likeness (QED) is 0.591. The first-order chi connectivity index (χ1) is 16.7. The Morgan fingerprint density at radius 3 is 2.68 bits per heavy atom. The molecule has 8 nitrogen and oxygen atoms in total. The highest BCUT2D eigenvalue weighted by atomic mass is 16.5. The molecule has 1 aromatic carbocycles. The minimum Gasteiger partial charge on any atom is -0.370 e. The Morgan fingerprint density at radius 1 is 1.03 bits per heavy atom. The summed E-state index contributed by atoms with van der Waals surface area (Å²) in [6.45, 7) is 2.85. The van der Waals surface area contributed by atoms with Crippen LogP contribution >= 0.6 is 0 Å². The third-order valence-electron chi connectivity index (χ3n) is 7.29. The van der Waals surface area contributed by atoms with Crippen LogP contribution in [0.1, 0.15) is 66.9 Å². The molecule has 2 amide bonds. The fourth-order valence-corrected chi connectivity index (χ4v) is 5.55. The molecule has 8 heteroatoms. The Bertz CT molecular complexity index is 1220. The Morgan fingerprint density at radius 2 is 1.91 bits per heavy atom. The number of nitrogens with zero attached hydrogens (tertiary/aromatic N) is 5. The van der Waals surface area contributed by atoms with Gasteiger partial charge in [-0.2, -0.15) is 0 Å². The minimum absolute atomic E-state index is 0.0184. The smallest absolute Gasteiger partial charge is 0.253 e. The van der Waals surface area contributed by atoms with Gasteiger partial charge < -0.3 is 19.1 Å². The number of hydrogen-bond donors (Lipinski definition) is 0. The number of hydrogen-bond acceptors (Lipinski definition) is 5. The van der Waals surface area contributed by atoms with E-state index in [1.54, 1.807) is 4.90 Å². The number of imidazole rings is 1. The van der Waals surface area contributed by atoms with Gasteiger partial charge in [-0.3, -0.25) is 9.59 Å². The maximum absolute atomic E-state index is 13.3. The molecule has 1 unspecified atom stereocenters. The second kappa shape index (κ2) is 8.83. The summed E-state index contributed by atoms with van der Waals surface area (Å²) in [5, 5.41) is 0. The zero-order valence-electron chi connectivity index (χ0n) is 19.2. The van der Waals surface area contributed by atoms with Crippen molar-refractivity contribution in [2.45, 2.75) is 50.7 Å². The fraction of sp³-hybridized carbons (Fsp3) is 0.462. The van der Waals surface area contributed by atoms with E-state index >= 15 is 0 Å². The lowest BCUT2D eigenvalue weighted by molar-refractivity contribution is -0.117. The first-order valence-electron chi connectivity index (χ1n) is 12.3. The summed E-state index contributed by atoms with van der Waals surface area (Å²) in [5.41, 5.74) is 3.27. The van der Waals surface area contributed by atoms with Crippen LogP contribution in [0.3, 0.4) is 0 Å². The number of benzene rings is 1. The Balaban J connectivity index is 1.20. The first kappa shape index (κ1) is 21.3. The van der Waals surface area contributed by atoms with E-state index in [-0.39, 0.29) is 24.0 Å². The molecule has 0 spiro atoms. The lowest BCUT2D eigenvalue weighted by Crippen LogP contribution is -2.39. The molecule has 1 atom stereocenters. The second-order valence-electron chi connectivity index (χ2n) is 9.41. The molecule has 0 N–H and O–H groups in total. The molecular weight excluding hydrogens is 430 g/mol. The van der Waals surface area contributed by atoms with Gasteiger partial charge in [0.05, 0.1) is 0 Å². The van der Waals surface area contributed by atoms with Crippen molar-refractivity contribution in [3.05, 3.63) is 54.0 Å². The largest absolute Gasteiger partial charge is 0.370 e. The molecule has 0 saturated carbocycles. The van der Waals surface area contributed by atoms with Gasteiger partial charge in [0, 0.05) is 56.2 Å². The van der Waals surface area contributed by atoms with Crippen molar-refractivity contribution in [2.75, 3.05) is 31.1 Å². The predicted octanol–water partition coefficient (Wildman–Crippen LogP) is 3.89. The zero-order chi connectivity index (χ0) is 23.1. The van der Waals surface area contributed by atoms with E-state index in [9.17, 15) is 9.59 Å². The summed E-state index contributed by atoms with van der Waals surface area (Å²) < 4.78 is 8.25. The Hall–Kier alpha value is -3.26. The third kappa shape index (κ3) is 3.76. The van der Waals surface area contributed by atoms with Gasteiger partial charge in [-0.1, -0.05) is 6.07 Å². The Labute approximate surface area is 198 Å². The van der Waals surface area contributed by atoms with Gasteiger partial charge in [-0.25, -0.2) is 9.97 Å². The van der Waals surface area contributed by atoms with Gasteiger partial charge >= 0.3 is 0 Å². The van der Waals surface area contributed by atoms with Gasteiger partial charge in [-0.05, 0) is 62.4 Å². The van der Waals surface area contributed by atoms with Crippen molar-refractivity contribution in [2.24, 2.45) is 0 Å². The van der Waals surface area contributed by atoms with Crippen molar-refractivity contribution in [1.82, 2.24) is 19.4 Å². The second-order valence-corrected chi connectivity index (χ2v) is 9.41. The lowest BCUT2D eigenvalue weighted by atomic mass is 10.0. The van der Waals surface area contributed by atoms with Crippen LogP contribution < -0.4 is 4.90 Å². The molecule has 176 valence electrons. The summed E-state index contributed by atoms with van der Waals surface area (Å²) in [6, 6.07) is 11.7. The Kier molecular flexibility index (Phi) is 5.53. The number of piperidine rings is 1. The highest BCUT2D eigenvalue weighted by Crippen LogP contribution is 2.35. The van der Waals surface area contributed by atoms with E-state index in [0.29, 0.717) is 25.1 Å². The number of likely N-dealkylation sites (tertiary alicyclic amines) is 1. The molecule has 6 rings (SSSR count). The minimum atomic E-state index is 0.0184. The van der Waals surface area contributed by atoms with Crippen LogP contribution in [0.15, 0.2) is 42.6 Å². The van der Waals surface area contributed by atoms with E-state index in [0.717, 1.165) is 67.9 Å². The van der Waals surface area contributed by atoms with Crippen molar-refractivity contribution >= 4 is 28.7 Å². The maximum Gasteiger partial charge on any atom is 0.253 e. The van der Waals surface area contributed by atoms with Gasteiger partial charge in [0.1, 0.15) is 17.4 Å². The SMILES string of the molecule is O=C(c1cccc(N2CCCC2=O)c1)N1CCC(n2c(C3CCCO3)nc3cccnc32)CC1. The first-order valence-corrected chi connectivity index (χ1v) is 12.3. The molecule has 3 aromatic rings. The average molecular weight is 460 g/mol. The standard InChI is InChI=1S/C26H29N5O3/c32-23-9-3-13-30(23)20-6-1-5-18(17-20)26(33)29-14-10-19(11-15-29)31-24-21(7-2-12-27-24)28-25(31)22-8-4-16-34-22/h1-2,5-7,12,17,19,22H,3-4,8-11,13-16H2. The van der Waals surface area contributed by atoms with Gasteiger partial charge in [0.15, 0.2) is 5.65 Å². The van der Waals surface area contributed by atoms with Crippen LogP contribution in [-0.4, -0.2) is 57.5 Å². The van der Waals surface area contributed by atoms with Crippen LogP contribution in [0.2, 0.25) is 0 Å². The predicted molar refractivity (Wildman–Crippen MR) is 128 cm³/mol. The number of fused-ring (bicyclic) bond motifs is 1. The number of carbonyl (C=O) groups is 2. The molecule has 0 bridgehead atoms. The molecule has 34 heavy (non-hydrogen) atoms. The third-order valence-corrected chi connectivity index (χ3v) is 7.29. The van der Waals surface area contributed by atoms with Crippen LogP contribution in [0.25, 0.3) is 11.2 Å². The fourth-order valence-electron chi connectivity index (χ4n) is 5.55. The molecule has 5 heterocycles. The summed E-state index contributed by atoms with van der Waals surface area (Å²) in [5.74, 6) is 1.13. The van der Waals surface area contributed by atoms with Crippen LogP contribution in [-0.2, 0) is 9.53 Å². The van der Waals surface area contributed by atoms with E-state index in [4.69, 9.17) is 9.72 Å². The van der Waals surface area contributed by atoms with Crippen molar-refractivity contribution in [3.63, 3.8) is 0 Å². The number of carbonyl (C=O) groups excluding carboxylic acids is 2. The number of anilines is 1. The van der Waals surface area contributed by atoms with E-state index in [1.807, 2.05) is 47.5 Å². The van der Waals surface area contributed by atoms with E-state index in [2.05, 4.69) is 9.55 Å². The average Bonchev–Trinajstić information content (AvgIpc) is 3.63. The van der Waals surface area contributed by atoms with Crippen molar-refractivity contribution in [3.8, 4) is 0 Å². The zero-order valence-corrected chi connectivity index (χ0v) is 19.2. The molecule has 3 saturated heterocycles. The molecule has 3 aliphatic heterocycles. The molecule has 0 radical (unpaired) electrons. The summed E-state index contributed by atoms with van der Waals surface area (Å²) in [7, 11) is 0. The summed E-state index contributed by atoms with van der Waals surface area (Å²) in [6.07, 6.45) is 7.01. The number of aromatic nitrogens is 3. The van der Waals surface area contributed by atoms with Gasteiger partial charge in [0.25, 0.3) is 5.91 Å². The number of amides is 2. The van der Waals surface area contributed by atoms with Crippen LogP contribution in [0.4, 0.5) is 5.69 Å². The van der Waals surface area contributed by atoms with Crippen molar-refractivity contribution in [1.29, 1.82) is 0 Å². The molecule has 3 aliphatic rings. The monoisotopic (exact) mass is 459 g/mol. The molecule has 3 fully saturated rings. The molecule has 0 aliphatic carbocycles. The summed E-state index contributed by atoms with van der Waals surface area (Å²) >= 11 is 0. The lowest BCUT2D eigenvalue weighted by Gasteiger charge is -2.34. The maximum atomic E-state index is 13.3. The normalized spacial score (nSPS) is 21.6. The highest BCUT2D eigenvalue weighted by Gasteiger charge is 2.32. The van der Waals surface area contributed by atoms with E-state index in [1.165, 1.54) is 0 Å². The van der Waals surface area contributed by atoms with Gasteiger partial charge in [-0.15, -0.1) is 0 Å². The van der Waals surface area contributed by atoms with Gasteiger partial charge in [0.2, 0.25) is 5.91 Å². The molecule has 2 aromatic heterocycles.